The van der Waals surface area contributed by atoms with E-state index in [4.69, 9.17) is 15.2 Å². The second-order valence-electron chi connectivity index (χ2n) is 10.1. The normalized spacial score (nSPS) is 15.1. The van der Waals surface area contributed by atoms with Gasteiger partial charge in [-0.3, -0.25) is 14.2 Å². The van der Waals surface area contributed by atoms with Crippen LogP contribution in [0.1, 0.15) is 42.8 Å². The van der Waals surface area contributed by atoms with Crippen molar-refractivity contribution >= 4 is 23.4 Å². The van der Waals surface area contributed by atoms with Gasteiger partial charge in [-0.25, -0.2) is 4.98 Å². The molecule has 10 nitrogen and oxygen atoms in total. The number of amides is 1. The lowest BCUT2D eigenvalue weighted by molar-refractivity contribution is -0.132. The van der Waals surface area contributed by atoms with Gasteiger partial charge in [-0.2, -0.15) is 4.98 Å². The van der Waals surface area contributed by atoms with Gasteiger partial charge in [0.2, 0.25) is 17.6 Å². The van der Waals surface area contributed by atoms with Crippen LogP contribution in [-0.2, 0) is 24.3 Å². The first kappa shape index (κ1) is 26.3. The highest BCUT2D eigenvalue weighted by atomic mass is 32.2. The van der Waals surface area contributed by atoms with E-state index in [0.29, 0.717) is 65.1 Å². The number of fused-ring (bicyclic) bond motifs is 1. The van der Waals surface area contributed by atoms with Crippen molar-refractivity contribution in [2.75, 3.05) is 18.8 Å². The first-order valence-electron chi connectivity index (χ1n) is 13.6. The van der Waals surface area contributed by atoms with Crippen LogP contribution in [0, 0.1) is 0 Å². The fraction of sp³-hybridized carbons (Fsp3) is 0.345. The third-order valence-electron chi connectivity index (χ3n) is 7.35. The third kappa shape index (κ3) is 5.52. The maximum atomic E-state index is 13.8. The number of para-hydroxylation sites is 2. The average Bonchev–Trinajstić information content (AvgIpc) is 3.43. The van der Waals surface area contributed by atoms with Crippen molar-refractivity contribution in [2.45, 2.75) is 55.6 Å². The Morgan fingerprint density at radius 3 is 2.67 bits per heavy atom. The highest BCUT2D eigenvalue weighted by Gasteiger charge is 2.29. The van der Waals surface area contributed by atoms with Crippen LogP contribution in [0.5, 0.6) is 0 Å². The summed E-state index contributed by atoms with van der Waals surface area (Å²) in [5.74, 6) is 0.971. The highest BCUT2D eigenvalue weighted by Crippen LogP contribution is 2.37. The van der Waals surface area contributed by atoms with Crippen LogP contribution in [0.25, 0.3) is 17.1 Å². The highest BCUT2D eigenvalue weighted by molar-refractivity contribution is 7.99. The molecule has 1 saturated carbocycles. The number of rotatable bonds is 9. The Labute approximate surface area is 236 Å². The van der Waals surface area contributed by atoms with Gasteiger partial charge in [0, 0.05) is 36.7 Å². The van der Waals surface area contributed by atoms with E-state index in [0.717, 1.165) is 24.1 Å². The second kappa shape index (κ2) is 11.6. The molecule has 1 amide bonds. The van der Waals surface area contributed by atoms with Crippen LogP contribution in [0.15, 0.2) is 69.1 Å². The monoisotopic (exact) mass is 557 g/mol. The molecule has 1 aliphatic heterocycles. The number of hydrogen-bond acceptors (Lipinski definition) is 9. The van der Waals surface area contributed by atoms with Crippen LogP contribution in [0.3, 0.4) is 0 Å². The molecule has 0 spiro atoms. The zero-order valence-electron chi connectivity index (χ0n) is 22.1. The second-order valence-corrected chi connectivity index (χ2v) is 11.3. The molecule has 6 rings (SSSR count). The summed E-state index contributed by atoms with van der Waals surface area (Å²) in [6, 6.07) is 17.0. The van der Waals surface area contributed by atoms with E-state index in [2.05, 4.69) is 15.5 Å². The van der Waals surface area contributed by atoms with Crippen LogP contribution >= 0.6 is 11.8 Å². The molecule has 1 aliphatic carbocycles. The summed E-state index contributed by atoms with van der Waals surface area (Å²) >= 11 is 1.66. The van der Waals surface area contributed by atoms with E-state index >= 15 is 0 Å². The van der Waals surface area contributed by atoms with Gasteiger partial charge in [0.1, 0.15) is 0 Å². The van der Waals surface area contributed by atoms with Gasteiger partial charge in [-0.15, -0.1) is 0 Å². The quantitative estimate of drug-likeness (QED) is 0.180. The van der Waals surface area contributed by atoms with Gasteiger partial charge in [0.25, 0.3) is 5.56 Å². The zero-order valence-corrected chi connectivity index (χ0v) is 22.9. The summed E-state index contributed by atoms with van der Waals surface area (Å²) in [5, 5.41) is 8.37. The Balaban J connectivity index is 1.11. The molecule has 0 saturated heterocycles. The number of carbonyl (C=O) groups is 1. The first-order valence-corrected chi connectivity index (χ1v) is 14.5. The molecule has 0 radical (unpaired) electrons. The van der Waals surface area contributed by atoms with Gasteiger partial charge in [-0.05, 0) is 25.0 Å². The number of hydrogen-bond donors (Lipinski definition) is 2. The maximum Gasteiger partial charge on any atom is 0.264 e. The number of carbonyl (C=O) groups excluding carboxylic acids is 1. The van der Waals surface area contributed by atoms with Crippen molar-refractivity contribution in [1.29, 1.82) is 0 Å². The lowest BCUT2D eigenvalue weighted by Gasteiger charge is -2.30. The molecule has 2 aliphatic rings. The van der Waals surface area contributed by atoms with Crippen molar-refractivity contribution in [1.82, 2.24) is 29.9 Å². The number of thioether (sulfide) groups is 1. The van der Waals surface area contributed by atoms with Crippen LogP contribution < -0.4 is 16.6 Å². The molecule has 2 aromatic heterocycles. The first-order chi connectivity index (χ1) is 19.6. The van der Waals surface area contributed by atoms with E-state index < -0.39 is 0 Å². The summed E-state index contributed by atoms with van der Waals surface area (Å²) in [6.07, 6.45) is 4.29. The zero-order chi connectivity index (χ0) is 27.5. The molecule has 2 aromatic carbocycles. The van der Waals surface area contributed by atoms with Crippen molar-refractivity contribution in [3.8, 4) is 17.1 Å². The Kier molecular flexibility index (Phi) is 7.65. The number of benzene rings is 2. The molecular formula is C29H31N7O3S. The van der Waals surface area contributed by atoms with E-state index in [1.54, 1.807) is 27.3 Å². The molecule has 0 unspecified atom stereocenters. The summed E-state index contributed by atoms with van der Waals surface area (Å²) in [4.78, 5) is 38.0. The summed E-state index contributed by atoms with van der Waals surface area (Å²) in [7, 11) is 0. The van der Waals surface area contributed by atoms with Gasteiger partial charge >= 0.3 is 0 Å². The van der Waals surface area contributed by atoms with Crippen molar-refractivity contribution in [2.24, 2.45) is 0 Å². The van der Waals surface area contributed by atoms with Crippen LogP contribution in [-0.4, -0.2) is 48.8 Å². The van der Waals surface area contributed by atoms with Crippen molar-refractivity contribution in [3.63, 3.8) is 0 Å². The van der Waals surface area contributed by atoms with E-state index in [9.17, 15) is 9.59 Å². The molecule has 40 heavy (non-hydrogen) atoms. The Morgan fingerprint density at radius 1 is 1.10 bits per heavy atom. The molecule has 3 N–H and O–H groups in total. The number of nitrogens with zero attached hydrogens (tertiary/aromatic N) is 5. The minimum absolute atomic E-state index is 0.0215. The predicted octanol–water partition coefficient (Wildman–Crippen LogP) is 3.57. The lowest BCUT2D eigenvalue weighted by Crippen LogP contribution is -2.42. The minimum Gasteiger partial charge on any atom is -0.397 e. The fourth-order valence-electron chi connectivity index (χ4n) is 4.87. The molecule has 0 atom stereocenters. The number of aromatic nitrogens is 4. The molecule has 206 valence electrons. The third-order valence-corrected chi connectivity index (χ3v) is 8.63. The van der Waals surface area contributed by atoms with Gasteiger partial charge in [0.15, 0.2) is 5.16 Å². The molecule has 0 bridgehead atoms. The Bertz CT molecular complexity index is 1570. The number of nitrogens with two attached hydrogens (primary N) is 1. The largest absolute Gasteiger partial charge is 0.397 e. The number of nitrogen functional groups attached to an aromatic ring is 1. The predicted molar refractivity (Wildman–Crippen MR) is 153 cm³/mol. The van der Waals surface area contributed by atoms with Gasteiger partial charge < -0.3 is 20.5 Å². The summed E-state index contributed by atoms with van der Waals surface area (Å²) in [6.45, 7) is 1.59. The summed E-state index contributed by atoms with van der Waals surface area (Å²) in [5.41, 5.74) is 9.52. The number of anilines is 1. The molecule has 3 heterocycles. The average molecular weight is 558 g/mol. The van der Waals surface area contributed by atoms with Crippen LogP contribution in [0.2, 0.25) is 0 Å². The molecule has 4 aromatic rings. The number of nitrogens with one attached hydrogen (secondary N) is 1. The molecule has 11 heteroatoms. The maximum absolute atomic E-state index is 13.8. The van der Waals surface area contributed by atoms with Crippen molar-refractivity contribution in [3.05, 3.63) is 82.1 Å². The minimum atomic E-state index is -0.147. The Hall–Kier alpha value is -3.96. The fourth-order valence-corrected chi connectivity index (χ4v) is 6.18. The summed E-state index contributed by atoms with van der Waals surface area (Å²) < 4.78 is 6.96. The van der Waals surface area contributed by atoms with Gasteiger partial charge in [0.05, 0.1) is 35.7 Å². The smallest absolute Gasteiger partial charge is 0.264 e. The molecule has 1 fully saturated rings. The standard InChI is InChI=1S/C29H31N7O3S/c30-22-11-4-5-12-24(22)36-28(38)21-18-35(16-14-23(21)32-29(36)40-20-9-6-10-20)26(37)13-15-31-17-25-33-27(34-39-25)19-7-2-1-3-8-19/h1-5,7-8,11-12,20,31H,6,9-10,13-18,30H2. The van der Waals surface area contributed by atoms with E-state index in [1.807, 2.05) is 48.5 Å². The van der Waals surface area contributed by atoms with E-state index in [1.165, 1.54) is 6.42 Å². The lowest BCUT2D eigenvalue weighted by atomic mass is 10.0. The van der Waals surface area contributed by atoms with Crippen molar-refractivity contribution < 1.29 is 9.32 Å². The Morgan fingerprint density at radius 2 is 1.90 bits per heavy atom. The van der Waals surface area contributed by atoms with Gasteiger partial charge in [-0.1, -0.05) is 65.8 Å². The molecular weight excluding hydrogens is 526 g/mol. The van der Waals surface area contributed by atoms with Crippen LogP contribution in [0.4, 0.5) is 5.69 Å². The topological polar surface area (TPSA) is 132 Å². The van der Waals surface area contributed by atoms with E-state index in [-0.39, 0.29) is 24.4 Å². The SMILES string of the molecule is Nc1ccccc1-n1c(SC2CCC2)nc2c(c1=O)CN(C(=O)CCNCc1nc(-c3ccccc3)no1)CC2.